The third-order valence-electron chi connectivity index (χ3n) is 3.74. The van der Waals surface area contributed by atoms with Crippen LogP contribution in [0.15, 0.2) is 22.7 Å². The summed E-state index contributed by atoms with van der Waals surface area (Å²) in [5, 5.41) is 3.36. The first-order valence-corrected chi connectivity index (χ1v) is 7.97. The molecule has 0 aliphatic heterocycles. The zero-order valence-corrected chi connectivity index (χ0v) is 13.5. The molecule has 0 unspecified atom stereocenters. The van der Waals surface area contributed by atoms with E-state index >= 15 is 0 Å². The highest BCUT2D eigenvalue weighted by atomic mass is 79.9. The van der Waals surface area contributed by atoms with Crippen LogP contribution in [0.1, 0.15) is 38.2 Å². The highest BCUT2D eigenvalue weighted by Crippen LogP contribution is 2.28. The number of Topliss-reactive ketones (excluding diaryl/α,β-unsaturated/α-hetero) is 1. The van der Waals surface area contributed by atoms with Gasteiger partial charge in [-0.3, -0.25) is 4.79 Å². The van der Waals surface area contributed by atoms with Gasteiger partial charge in [0.25, 0.3) is 0 Å². The van der Waals surface area contributed by atoms with Crippen molar-refractivity contribution in [1.29, 1.82) is 0 Å². The number of rotatable bonds is 7. The lowest BCUT2D eigenvalue weighted by Gasteiger charge is -2.19. The van der Waals surface area contributed by atoms with E-state index in [-0.39, 0.29) is 23.4 Å². The zero-order chi connectivity index (χ0) is 14.7. The maximum absolute atomic E-state index is 13.7. The Morgan fingerprint density at radius 3 is 2.70 bits per heavy atom. The maximum Gasteiger partial charge on any atom is 0.144 e. The molecule has 1 fully saturated rings. The average Bonchev–Trinajstić information content (AvgIpc) is 3.21. The van der Waals surface area contributed by atoms with Crippen LogP contribution in [0, 0.1) is 17.7 Å². The van der Waals surface area contributed by atoms with Gasteiger partial charge in [-0.05, 0) is 58.9 Å². The molecule has 2 rings (SSSR count). The molecule has 0 bridgehead atoms. The van der Waals surface area contributed by atoms with Crippen molar-refractivity contribution in [1.82, 2.24) is 5.32 Å². The molecule has 1 aromatic rings. The minimum absolute atomic E-state index is 0.0468. The van der Waals surface area contributed by atoms with E-state index < -0.39 is 0 Å². The molecule has 110 valence electrons. The van der Waals surface area contributed by atoms with Gasteiger partial charge in [0.2, 0.25) is 0 Å². The predicted molar refractivity (Wildman–Crippen MR) is 82.3 cm³/mol. The predicted octanol–water partition coefficient (Wildman–Crippen LogP) is 3.90. The van der Waals surface area contributed by atoms with Crippen molar-refractivity contribution in [3.8, 4) is 0 Å². The highest BCUT2D eigenvalue weighted by Gasteiger charge is 2.25. The second kappa shape index (κ2) is 6.81. The van der Waals surface area contributed by atoms with Crippen LogP contribution in [0.4, 0.5) is 4.39 Å². The van der Waals surface area contributed by atoms with E-state index in [0.717, 1.165) is 18.0 Å². The van der Waals surface area contributed by atoms with Gasteiger partial charge in [-0.15, -0.1) is 0 Å². The molecule has 1 N–H and O–H groups in total. The van der Waals surface area contributed by atoms with Crippen molar-refractivity contribution >= 4 is 21.7 Å². The Morgan fingerprint density at radius 2 is 2.15 bits per heavy atom. The summed E-state index contributed by atoms with van der Waals surface area (Å²) in [6.07, 6.45) is 2.56. The van der Waals surface area contributed by atoms with Crippen molar-refractivity contribution in [3.05, 3.63) is 34.1 Å². The highest BCUT2D eigenvalue weighted by molar-refractivity contribution is 9.10. The second-order valence-corrected chi connectivity index (χ2v) is 6.74. The fraction of sp³-hybridized carbons (Fsp3) is 0.562. The Balaban J connectivity index is 2.10. The molecule has 0 saturated heterocycles. The van der Waals surface area contributed by atoms with E-state index in [1.54, 1.807) is 6.07 Å². The van der Waals surface area contributed by atoms with Crippen molar-refractivity contribution < 1.29 is 9.18 Å². The molecule has 1 aliphatic rings. The van der Waals surface area contributed by atoms with Gasteiger partial charge in [-0.1, -0.05) is 19.9 Å². The minimum Gasteiger partial charge on any atom is -0.315 e. The van der Waals surface area contributed by atoms with Gasteiger partial charge in [0.1, 0.15) is 11.6 Å². The van der Waals surface area contributed by atoms with E-state index in [1.165, 1.54) is 18.9 Å². The van der Waals surface area contributed by atoms with Crippen molar-refractivity contribution in [2.75, 3.05) is 13.1 Å². The lowest BCUT2D eigenvalue weighted by molar-refractivity contribution is -0.123. The maximum atomic E-state index is 13.7. The quantitative estimate of drug-likeness (QED) is 0.814. The number of hydrogen-bond donors (Lipinski definition) is 1. The molecule has 2 nitrogen and oxygen atoms in total. The van der Waals surface area contributed by atoms with Gasteiger partial charge in [-0.2, -0.15) is 0 Å². The normalized spacial score (nSPS) is 16.4. The van der Waals surface area contributed by atoms with Gasteiger partial charge >= 0.3 is 0 Å². The number of carbonyl (C=O) groups excluding carboxylic acids is 1. The first-order chi connectivity index (χ1) is 9.49. The van der Waals surface area contributed by atoms with Crippen molar-refractivity contribution in [2.24, 2.45) is 11.8 Å². The standard InChI is InChI=1S/C16H21BrFNO/c1-10(2)16(20)13(9-19-8-11-3-4-11)12-5-6-14(17)15(18)7-12/h5-7,10-11,13,19H,3-4,8-9H2,1-2H3/t13-/m1/s1. The molecule has 4 heteroatoms. The molecular formula is C16H21BrFNO. The summed E-state index contributed by atoms with van der Waals surface area (Å²) in [7, 11) is 0. The summed E-state index contributed by atoms with van der Waals surface area (Å²) in [4.78, 5) is 12.4. The first-order valence-electron chi connectivity index (χ1n) is 7.18. The number of hydrogen-bond acceptors (Lipinski definition) is 2. The Hall–Kier alpha value is -0.740. The lowest BCUT2D eigenvalue weighted by Crippen LogP contribution is -2.30. The van der Waals surface area contributed by atoms with Crippen LogP contribution in [-0.2, 0) is 4.79 Å². The molecule has 1 aliphatic carbocycles. The Kier molecular flexibility index (Phi) is 5.33. The monoisotopic (exact) mass is 341 g/mol. The van der Waals surface area contributed by atoms with Gasteiger partial charge < -0.3 is 5.32 Å². The number of carbonyl (C=O) groups is 1. The van der Waals surface area contributed by atoms with Crippen LogP contribution in [0.25, 0.3) is 0 Å². The van der Waals surface area contributed by atoms with E-state index in [4.69, 9.17) is 0 Å². The first kappa shape index (κ1) is 15.6. The van der Waals surface area contributed by atoms with Crippen molar-refractivity contribution in [2.45, 2.75) is 32.6 Å². The third-order valence-corrected chi connectivity index (χ3v) is 4.38. The van der Waals surface area contributed by atoms with Crippen LogP contribution >= 0.6 is 15.9 Å². The fourth-order valence-electron chi connectivity index (χ4n) is 2.27. The number of ketones is 1. The van der Waals surface area contributed by atoms with Crippen LogP contribution < -0.4 is 5.32 Å². The molecule has 1 aromatic carbocycles. The number of halogens is 2. The molecule has 0 aromatic heterocycles. The van der Waals surface area contributed by atoms with E-state index in [2.05, 4.69) is 21.2 Å². The van der Waals surface area contributed by atoms with Crippen LogP contribution in [-0.4, -0.2) is 18.9 Å². The van der Waals surface area contributed by atoms with Gasteiger partial charge in [0, 0.05) is 12.5 Å². The summed E-state index contributed by atoms with van der Waals surface area (Å²) in [5.74, 6) is 0.304. The van der Waals surface area contributed by atoms with E-state index in [0.29, 0.717) is 11.0 Å². The Morgan fingerprint density at radius 1 is 1.45 bits per heavy atom. The van der Waals surface area contributed by atoms with Crippen LogP contribution in [0.2, 0.25) is 0 Å². The summed E-state index contributed by atoms with van der Waals surface area (Å²) in [6.45, 7) is 5.34. The smallest absolute Gasteiger partial charge is 0.144 e. The molecule has 0 spiro atoms. The summed E-state index contributed by atoms with van der Waals surface area (Å²) in [6, 6.07) is 4.97. The number of benzene rings is 1. The lowest BCUT2D eigenvalue weighted by atomic mass is 9.88. The Labute approximate surface area is 128 Å². The van der Waals surface area contributed by atoms with E-state index in [1.807, 2.05) is 19.9 Å². The molecule has 20 heavy (non-hydrogen) atoms. The largest absolute Gasteiger partial charge is 0.315 e. The average molecular weight is 342 g/mol. The SMILES string of the molecule is CC(C)C(=O)[C@H](CNCC1CC1)c1ccc(Br)c(F)c1. The molecular weight excluding hydrogens is 321 g/mol. The number of nitrogens with one attached hydrogen (secondary N) is 1. The van der Waals surface area contributed by atoms with Gasteiger partial charge in [0.15, 0.2) is 0 Å². The topological polar surface area (TPSA) is 29.1 Å². The summed E-state index contributed by atoms with van der Waals surface area (Å²) in [5.41, 5.74) is 0.757. The van der Waals surface area contributed by atoms with Gasteiger partial charge in [-0.25, -0.2) is 4.39 Å². The summed E-state index contributed by atoms with van der Waals surface area (Å²) < 4.78 is 14.1. The van der Waals surface area contributed by atoms with E-state index in [9.17, 15) is 9.18 Å². The van der Waals surface area contributed by atoms with Gasteiger partial charge in [0.05, 0.1) is 10.4 Å². The minimum atomic E-state index is -0.314. The van der Waals surface area contributed by atoms with Crippen LogP contribution in [0.3, 0.4) is 0 Å². The zero-order valence-electron chi connectivity index (χ0n) is 12.0. The Bertz CT molecular complexity index is 485. The summed E-state index contributed by atoms with van der Waals surface area (Å²) >= 11 is 3.15. The third kappa shape index (κ3) is 4.13. The van der Waals surface area contributed by atoms with Crippen molar-refractivity contribution in [3.63, 3.8) is 0 Å². The molecule has 0 amide bonds. The van der Waals surface area contributed by atoms with Crippen LogP contribution in [0.5, 0.6) is 0 Å². The molecule has 0 heterocycles. The molecule has 0 radical (unpaired) electrons. The fourth-order valence-corrected chi connectivity index (χ4v) is 2.51. The molecule has 1 atom stereocenters. The molecule has 1 saturated carbocycles. The second-order valence-electron chi connectivity index (χ2n) is 5.88.